The zero-order valence-electron chi connectivity index (χ0n) is 13.5. The van der Waals surface area contributed by atoms with Gasteiger partial charge in [-0.25, -0.2) is 0 Å². The summed E-state index contributed by atoms with van der Waals surface area (Å²) in [6.45, 7) is 0. The Kier molecular flexibility index (Phi) is 4.28. The van der Waals surface area contributed by atoms with E-state index < -0.39 is 23.1 Å². The van der Waals surface area contributed by atoms with E-state index in [2.05, 4.69) is 4.98 Å². The van der Waals surface area contributed by atoms with Crippen LogP contribution in [0.15, 0.2) is 59.4 Å². The number of primary amides is 2. The van der Waals surface area contributed by atoms with E-state index in [0.29, 0.717) is 22.4 Å². The molecule has 2 aromatic carbocycles. The van der Waals surface area contributed by atoms with Crippen molar-refractivity contribution < 1.29 is 14.7 Å². The Balaban J connectivity index is 2.27. The number of rotatable bonds is 4. The molecule has 26 heavy (non-hydrogen) atoms. The second-order valence-corrected chi connectivity index (χ2v) is 5.66. The highest BCUT2D eigenvalue weighted by Gasteiger charge is 2.14. The van der Waals surface area contributed by atoms with Crippen LogP contribution in [-0.2, 0) is 0 Å². The Morgan fingerprint density at radius 2 is 1.38 bits per heavy atom. The summed E-state index contributed by atoms with van der Waals surface area (Å²) < 4.78 is 0. The van der Waals surface area contributed by atoms with Crippen molar-refractivity contribution in [3.8, 4) is 28.1 Å². The molecular weight excluding hydrogens is 334 g/mol. The largest absolute Gasteiger partial charge is 0.503 e. The molecule has 0 spiro atoms. The van der Waals surface area contributed by atoms with Gasteiger partial charge in [-0.15, -0.1) is 0 Å². The second kappa shape index (κ2) is 6.56. The maximum atomic E-state index is 11.9. The van der Waals surface area contributed by atoms with Crippen LogP contribution in [0.4, 0.5) is 0 Å². The van der Waals surface area contributed by atoms with Crippen LogP contribution in [0.3, 0.4) is 0 Å². The van der Waals surface area contributed by atoms with Crippen molar-refractivity contribution in [3.05, 3.63) is 76.1 Å². The van der Waals surface area contributed by atoms with Crippen molar-refractivity contribution in [2.45, 2.75) is 0 Å². The van der Waals surface area contributed by atoms with Gasteiger partial charge in [0.15, 0.2) is 5.75 Å². The Hall–Kier alpha value is -3.87. The van der Waals surface area contributed by atoms with Gasteiger partial charge in [-0.05, 0) is 41.5 Å². The van der Waals surface area contributed by atoms with Gasteiger partial charge < -0.3 is 21.6 Å². The second-order valence-electron chi connectivity index (χ2n) is 5.66. The molecule has 2 amide bonds. The fourth-order valence-electron chi connectivity index (χ4n) is 2.64. The van der Waals surface area contributed by atoms with Gasteiger partial charge in [-0.2, -0.15) is 0 Å². The molecule has 0 atom stereocenters. The molecule has 0 aliphatic carbocycles. The van der Waals surface area contributed by atoms with Crippen LogP contribution >= 0.6 is 0 Å². The predicted octanol–water partition coefficient (Wildman–Crippen LogP) is 1.61. The van der Waals surface area contributed by atoms with Crippen LogP contribution in [0.1, 0.15) is 20.7 Å². The summed E-state index contributed by atoms with van der Waals surface area (Å²) in [6.07, 6.45) is 0. The minimum atomic E-state index is -0.681. The van der Waals surface area contributed by atoms with E-state index >= 15 is 0 Å². The maximum Gasteiger partial charge on any atom is 0.290 e. The highest BCUT2D eigenvalue weighted by Crippen LogP contribution is 2.32. The summed E-state index contributed by atoms with van der Waals surface area (Å²) in [4.78, 5) is 37.4. The monoisotopic (exact) mass is 349 g/mol. The molecule has 6 N–H and O–H groups in total. The first-order valence-electron chi connectivity index (χ1n) is 7.63. The van der Waals surface area contributed by atoms with Crippen LogP contribution in [0.25, 0.3) is 22.4 Å². The lowest BCUT2D eigenvalue weighted by Crippen LogP contribution is -2.12. The lowest BCUT2D eigenvalue weighted by atomic mass is 9.96. The summed E-state index contributed by atoms with van der Waals surface area (Å²) in [5.41, 5.74) is 12.4. The third-order valence-electron chi connectivity index (χ3n) is 3.92. The van der Waals surface area contributed by atoms with E-state index in [-0.39, 0.29) is 11.1 Å². The van der Waals surface area contributed by atoms with Gasteiger partial charge in [-0.1, -0.05) is 24.3 Å². The van der Waals surface area contributed by atoms with Crippen LogP contribution < -0.4 is 17.0 Å². The van der Waals surface area contributed by atoms with E-state index in [0.717, 1.165) is 0 Å². The number of aromatic nitrogens is 1. The highest BCUT2D eigenvalue weighted by atomic mass is 16.3. The molecule has 0 aliphatic heterocycles. The number of hydrogen-bond acceptors (Lipinski definition) is 4. The minimum Gasteiger partial charge on any atom is -0.503 e. The van der Waals surface area contributed by atoms with Gasteiger partial charge in [0.1, 0.15) is 0 Å². The van der Waals surface area contributed by atoms with Crippen molar-refractivity contribution in [3.63, 3.8) is 0 Å². The smallest absolute Gasteiger partial charge is 0.290 e. The number of benzene rings is 2. The highest BCUT2D eigenvalue weighted by molar-refractivity contribution is 5.96. The number of carbonyl (C=O) groups is 2. The quantitative estimate of drug-likeness (QED) is 0.568. The van der Waals surface area contributed by atoms with Crippen LogP contribution in [0.2, 0.25) is 0 Å². The summed E-state index contributed by atoms with van der Waals surface area (Å²) in [7, 11) is 0. The first kappa shape index (κ1) is 17.0. The van der Waals surface area contributed by atoms with Gasteiger partial charge in [-0.3, -0.25) is 14.4 Å². The first-order valence-corrected chi connectivity index (χ1v) is 7.63. The lowest BCUT2D eigenvalue weighted by Gasteiger charge is -2.12. The number of pyridine rings is 1. The molecule has 0 saturated heterocycles. The van der Waals surface area contributed by atoms with E-state index in [9.17, 15) is 19.5 Å². The van der Waals surface area contributed by atoms with Gasteiger partial charge in [0.2, 0.25) is 11.8 Å². The average molecular weight is 349 g/mol. The Bertz CT molecular complexity index is 1090. The fourth-order valence-corrected chi connectivity index (χ4v) is 2.64. The fraction of sp³-hybridized carbons (Fsp3) is 0. The van der Waals surface area contributed by atoms with Gasteiger partial charge in [0, 0.05) is 16.7 Å². The Morgan fingerprint density at radius 1 is 0.846 bits per heavy atom. The number of nitrogens with two attached hydrogens (primary N) is 2. The van der Waals surface area contributed by atoms with Gasteiger partial charge in [0.25, 0.3) is 5.56 Å². The summed E-state index contributed by atoms with van der Waals surface area (Å²) in [5.74, 6) is -1.68. The molecule has 0 radical (unpaired) electrons. The molecule has 0 unspecified atom stereocenters. The molecule has 0 saturated carbocycles. The van der Waals surface area contributed by atoms with Crippen molar-refractivity contribution in [1.82, 2.24) is 4.98 Å². The first-order chi connectivity index (χ1) is 12.4. The topological polar surface area (TPSA) is 139 Å². The summed E-state index contributed by atoms with van der Waals surface area (Å²) in [5, 5.41) is 9.84. The molecule has 130 valence electrons. The van der Waals surface area contributed by atoms with Crippen molar-refractivity contribution in [2.75, 3.05) is 0 Å². The van der Waals surface area contributed by atoms with Gasteiger partial charge in [0.05, 0.1) is 5.69 Å². The Labute approximate surface area is 147 Å². The number of carbonyl (C=O) groups excluding carboxylic acids is 2. The third-order valence-corrected chi connectivity index (χ3v) is 3.92. The molecule has 0 bridgehead atoms. The molecule has 1 aromatic heterocycles. The number of aromatic amines is 1. The Morgan fingerprint density at radius 3 is 1.96 bits per heavy atom. The molecule has 0 aliphatic rings. The van der Waals surface area contributed by atoms with Crippen LogP contribution in [-0.4, -0.2) is 21.9 Å². The molecule has 1 heterocycles. The molecule has 3 aromatic rings. The van der Waals surface area contributed by atoms with Crippen LogP contribution in [0.5, 0.6) is 5.75 Å². The zero-order valence-corrected chi connectivity index (χ0v) is 13.5. The molecule has 7 heteroatoms. The number of amides is 2. The molecule has 3 rings (SSSR count). The van der Waals surface area contributed by atoms with Crippen LogP contribution in [0, 0.1) is 0 Å². The number of H-pyrrole nitrogens is 1. The molecular formula is C19H15N3O4. The van der Waals surface area contributed by atoms with Gasteiger partial charge >= 0.3 is 0 Å². The molecule has 0 fully saturated rings. The van der Waals surface area contributed by atoms with E-state index in [1.165, 1.54) is 12.1 Å². The van der Waals surface area contributed by atoms with Crippen molar-refractivity contribution >= 4 is 11.8 Å². The number of hydrogen-bond donors (Lipinski definition) is 4. The lowest BCUT2D eigenvalue weighted by molar-refractivity contribution is 0.0992. The normalized spacial score (nSPS) is 10.5. The van der Waals surface area contributed by atoms with E-state index in [1.807, 2.05) is 0 Å². The molecule has 7 nitrogen and oxygen atoms in total. The van der Waals surface area contributed by atoms with Crippen molar-refractivity contribution in [2.24, 2.45) is 11.5 Å². The van der Waals surface area contributed by atoms with E-state index in [4.69, 9.17) is 11.5 Å². The van der Waals surface area contributed by atoms with Crippen molar-refractivity contribution in [1.29, 1.82) is 0 Å². The standard InChI is InChI=1S/C19H15N3O4/c20-17(24)12-5-1-3-10(7-12)14-9-15(23)19(26)22-16(14)11-4-2-6-13(8-11)18(21)25/h1-9,23H,(H2,20,24)(H2,21,25)(H,22,26). The summed E-state index contributed by atoms with van der Waals surface area (Å²) >= 11 is 0. The minimum absolute atomic E-state index is 0.272. The van der Waals surface area contributed by atoms with E-state index in [1.54, 1.807) is 42.5 Å². The SMILES string of the molecule is NC(=O)c1cccc(-c2cc(O)c(=O)[nH]c2-c2cccc(C(N)=O)c2)c1. The number of nitrogens with one attached hydrogen (secondary N) is 1. The maximum absolute atomic E-state index is 11.9. The third kappa shape index (κ3) is 3.18. The summed E-state index contributed by atoms with van der Waals surface area (Å²) in [6, 6.07) is 14.2. The number of aromatic hydroxyl groups is 1. The average Bonchev–Trinajstić information content (AvgIpc) is 2.63. The predicted molar refractivity (Wildman–Crippen MR) is 96.6 cm³/mol. The zero-order chi connectivity index (χ0) is 18.8.